The van der Waals surface area contributed by atoms with Crippen LogP contribution in [0.25, 0.3) is 11.1 Å². The number of rotatable bonds is 3. The predicted octanol–water partition coefficient (Wildman–Crippen LogP) is 4.59. The number of hydrogen-bond acceptors (Lipinski definition) is 2. The third-order valence-electron chi connectivity index (χ3n) is 3.81. The second-order valence-electron chi connectivity index (χ2n) is 5.43. The molecule has 2 aromatic rings. The Kier molecular flexibility index (Phi) is 4.90. The van der Waals surface area contributed by atoms with Gasteiger partial charge in [0, 0.05) is 29.1 Å². The summed E-state index contributed by atoms with van der Waals surface area (Å²) < 4.78 is 28.0. The molecule has 0 saturated carbocycles. The largest absolute Gasteiger partial charge is 0.346 e. The van der Waals surface area contributed by atoms with Gasteiger partial charge >= 0.3 is 0 Å². The lowest BCUT2D eigenvalue weighted by molar-refractivity contribution is 0.359. The first-order valence-corrected chi connectivity index (χ1v) is 8.06. The van der Waals surface area contributed by atoms with Crippen molar-refractivity contribution in [2.45, 2.75) is 18.6 Å². The van der Waals surface area contributed by atoms with Crippen molar-refractivity contribution < 1.29 is 8.78 Å². The van der Waals surface area contributed by atoms with Gasteiger partial charge in [0.05, 0.1) is 16.7 Å². The molecule has 1 aliphatic rings. The van der Waals surface area contributed by atoms with Gasteiger partial charge in [-0.15, -0.1) is 0 Å². The Morgan fingerprint density at radius 1 is 1.17 bits per heavy atom. The van der Waals surface area contributed by atoms with E-state index in [-0.39, 0.29) is 18.3 Å². The van der Waals surface area contributed by atoms with Gasteiger partial charge in [0.25, 0.3) is 0 Å². The summed E-state index contributed by atoms with van der Waals surface area (Å²) in [5.41, 5.74) is 1.27. The molecular formula is C17H15ClF2N2S. The van der Waals surface area contributed by atoms with Crippen LogP contribution in [-0.2, 0) is 0 Å². The highest BCUT2D eigenvalue weighted by molar-refractivity contribution is 7.80. The van der Waals surface area contributed by atoms with Crippen LogP contribution in [0.3, 0.4) is 0 Å². The number of hydrogen-bond donors (Lipinski definition) is 2. The summed E-state index contributed by atoms with van der Waals surface area (Å²) in [5.74, 6) is -0.433. The van der Waals surface area contributed by atoms with Crippen LogP contribution in [0.4, 0.5) is 14.5 Å². The van der Waals surface area contributed by atoms with E-state index in [4.69, 9.17) is 23.8 Å². The molecule has 2 aromatic carbocycles. The van der Waals surface area contributed by atoms with Crippen molar-refractivity contribution in [3.05, 3.63) is 53.3 Å². The van der Waals surface area contributed by atoms with E-state index in [0.29, 0.717) is 27.6 Å². The summed E-state index contributed by atoms with van der Waals surface area (Å²) in [6, 6.07) is 11.8. The van der Waals surface area contributed by atoms with E-state index in [1.54, 1.807) is 42.5 Å². The Hall–Kier alpha value is -1.56. The smallest absolute Gasteiger partial charge is 0.154 e. The van der Waals surface area contributed by atoms with Crippen LogP contribution in [0.15, 0.2) is 42.5 Å². The summed E-state index contributed by atoms with van der Waals surface area (Å²) in [6.45, 7) is 0.272. The van der Waals surface area contributed by atoms with Gasteiger partial charge in [0.1, 0.15) is 6.17 Å². The van der Waals surface area contributed by atoms with Crippen molar-refractivity contribution >= 4 is 34.5 Å². The fraction of sp³-hybridized carbons (Fsp3) is 0.235. The molecule has 23 heavy (non-hydrogen) atoms. The normalized spacial score (nSPS) is 20.5. The quantitative estimate of drug-likeness (QED) is 0.790. The van der Waals surface area contributed by atoms with Crippen molar-refractivity contribution in [3.8, 4) is 11.1 Å². The lowest BCUT2D eigenvalue weighted by Gasteiger charge is -2.16. The zero-order valence-electron chi connectivity index (χ0n) is 12.2. The minimum absolute atomic E-state index is 0.261. The molecule has 3 rings (SSSR count). The fourth-order valence-electron chi connectivity index (χ4n) is 2.63. The molecular weight excluding hydrogens is 338 g/mol. The molecule has 0 amide bonds. The van der Waals surface area contributed by atoms with Gasteiger partial charge in [-0.2, -0.15) is 0 Å². The van der Waals surface area contributed by atoms with E-state index in [1.165, 1.54) is 0 Å². The highest BCUT2D eigenvalue weighted by Crippen LogP contribution is 2.32. The van der Waals surface area contributed by atoms with Gasteiger partial charge in [-0.3, -0.25) is 0 Å². The maximum Gasteiger partial charge on any atom is 0.154 e. The first-order chi connectivity index (χ1) is 11.1. The Morgan fingerprint density at radius 2 is 1.91 bits per heavy atom. The van der Waals surface area contributed by atoms with Crippen LogP contribution in [0.5, 0.6) is 0 Å². The molecule has 0 aliphatic carbocycles. The van der Waals surface area contributed by atoms with E-state index in [0.717, 1.165) is 0 Å². The lowest BCUT2D eigenvalue weighted by atomic mass is 10.0. The van der Waals surface area contributed by atoms with E-state index >= 15 is 0 Å². The first kappa shape index (κ1) is 16.3. The summed E-state index contributed by atoms with van der Waals surface area (Å²) in [6.07, 6.45) is -0.614. The Labute approximate surface area is 143 Å². The van der Waals surface area contributed by atoms with Crippen LogP contribution in [0, 0.1) is 5.82 Å². The van der Waals surface area contributed by atoms with Gasteiger partial charge in [-0.25, -0.2) is 8.78 Å². The number of nitrogens with one attached hydrogen (secondary N) is 2. The van der Waals surface area contributed by atoms with Crippen LogP contribution in [0.1, 0.15) is 6.42 Å². The first-order valence-electron chi connectivity index (χ1n) is 7.28. The number of benzene rings is 2. The van der Waals surface area contributed by atoms with Crippen LogP contribution >= 0.6 is 23.8 Å². The number of alkyl halides is 1. The van der Waals surface area contributed by atoms with Crippen molar-refractivity contribution in [2.75, 3.05) is 11.9 Å². The highest BCUT2D eigenvalue weighted by atomic mass is 35.5. The van der Waals surface area contributed by atoms with Crippen LogP contribution in [-0.4, -0.2) is 23.7 Å². The number of halogens is 3. The molecule has 0 unspecified atom stereocenters. The summed E-state index contributed by atoms with van der Waals surface area (Å²) >= 11 is 11.4. The summed E-state index contributed by atoms with van der Waals surface area (Å²) in [5, 5.41) is 6.34. The van der Waals surface area contributed by atoms with E-state index in [2.05, 4.69) is 10.6 Å². The Balaban J connectivity index is 1.86. The van der Waals surface area contributed by atoms with Crippen molar-refractivity contribution in [1.29, 1.82) is 0 Å². The molecule has 0 bridgehead atoms. The Bertz CT molecular complexity index is 738. The molecule has 2 atom stereocenters. The predicted molar refractivity (Wildman–Crippen MR) is 94.4 cm³/mol. The average Bonchev–Trinajstić information content (AvgIpc) is 2.97. The van der Waals surface area contributed by atoms with Crippen molar-refractivity contribution in [2.24, 2.45) is 0 Å². The van der Waals surface area contributed by atoms with Crippen molar-refractivity contribution in [3.63, 3.8) is 0 Å². The third kappa shape index (κ3) is 3.52. The second kappa shape index (κ2) is 6.91. The maximum atomic E-state index is 14.8. The molecule has 1 saturated heterocycles. The summed E-state index contributed by atoms with van der Waals surface area (Å²) in [4.78, 5) is 0.389. The summed E-state index contributed by atoms with van der Waals surface area (Å²) in [7, 11) is 0. The van der Waals surface area contributed by atoms with Gasteiger partial charge in [-0.1, -0.05) is 54.2 Å². The molecule has 120 valence electrons. The molecule has 0 aromatic heterocycles. The monoisotopic (exact) mass is 352 g/mol. The third-order valence-corrected chi connectivity index (χ3v) is 4.53. The topological polar surface area (TPSA) is 24.1 Å². The second-order valence-corrected chi connectivity index (χ2v) is 6.28. The minimum atomic E-state index is -0.918. The molecule has 0 radical (unpaired) electrons. The fourth-order valence-corrected chi connectivity index (χ4v) is 3.16. The molecule has 0 spiro atoms. The van der Waals surface area contributed by atoms with E-state index in [9.17, 15) is 8.78 Å². The van der Waals surface area contributed by atoms with Gasteiger partial charge in [0.15, 0.2) is 5.82 Å². The van der Waals surface area contributed by atoms with Crippen LogP contribution < -0.4 is 10.6 Å². The maximum absolute atomic E-state index is 14.8. The zero-order valence-corrected chi connectivity index (χ0v) is 13.7. The highest BCUT2D eigenvalue weighted by Gasteiger charge is 2.27. The Morgan fingerprint density at radius 3 is 2.61 bits per heavy atom. The molecule has 2 nitrogen and oxygen atoms in total. The molecule has 6 heteroatoms. The van der Waals surface area contributed by atoms with E-state index < -0.39 is 12.0 Å². The van der Waals surface area contributed by atoms with Crippen LogP contribution in [0.2, 0.25) is 5.02 Å². The lowest BCUT2D eigenvalue weighted by Crippen LogP contribution is -2.34. The van der Waals surface area contributed by atoms with Gasteiger partial charge < -0.3 is 10.6 Å². The van der Waals surface area contributed by atoms with E-state index in [1.807, 2.05) is 0 Å². The average molecular weight is 353 g/mol. The standard InChI is InChI=1S/C17H15ClF2N2S/c18-13-6-2-1-4-11(13)12-5-3-7-14(16(12)20)22-17(23)15-8-10(19)9-21-15/h1-7,10,15,21H,8-9H2,(H,22,23)/t10-,15+/m1/s1. The zero-order chi connectivity index (χ0) is 16.4. The molecule has 1 aliphatic heterocycles. The van der Waals surface area contributed by atoms with Gasteiger partial charge in [0.2, 0.25) is 0 Å². The SMILES string of the molecule is Fc1c(NC(=S)[C@@H]2C[C@@H](F)CN2)cccc1-c1ccccc1Cl. The van der Waals surface area contributed by atoms with Crippen molar-refractivity contribution in [1.82, 2.24) is 5.32 Å². The number of anilines is 1. The molecule has 2 N–H and O–H groups in total. The van der Waals surface area contributed by atoms with Gasteiger partial charge in [-0.05, 0) is 12.1 Å². The molecule has 1 fully saturated rings. The number of thiocarbonyl (C=S) groups is 1. The molecule has 1 heterocycles. The minimum Gasteiger partial charge on any atom is -0.346 e.